The third-order valence-electron chi connectivity index (χ3n) is 0.729. The zero-order valence-electron chi connectivity index (χ0n) is 7.70. The predicted molar refractivity (Wildman–Crippen MR) is 45.8 cm³/mol. The Morgan fingerprint density at radius 3 is 2.15 bits per heavy atom. The predicted octanol–water partition coefficient (Wildman–Crippen LogP) is 0.498. The standard InChI is InChI=1S/C5H9O2.C2H4O2.O.Sn/c1-3-4-7-5(2)6;1-2(3)4;;/h1,3-4H2,2H3;1H3,(H,3,4);;. The molecule has 0 saturated carbocycles. The number of esters is 1. The van der Waals surface area contributed by atoms with Gasteiger partial charge < -0.3 is 5.11 Å². The second-order valence-electron chi connectivity index (χ2n) is 2.11. The fourth-order valence-electron chi connectivity index (χ4n) is 0.360. The number of carboxylic acid groups (broad SMARTS) is 1. The molecule has 0 aromatic rings. The summed E-state index contributed by atoms with van der Waals surface area (Å²) in [5.41, 5.74) is 0. The Balaban J connectivity index is 0. The van der Waals surface area contributed by atoms with Crippen molar-refractivity contribution >= 4 is 33.1 Å². The Morgan fingerprint density at radius 1 is 1.38 bits per heavy atom. The van der Waals surface area contributed by atoms with Crippen molar-refractivity contribution in [3.8, 4) is 0 Å². The summed E-state index contributed by atoms with van der Waals surface area (Å²) in [6, 6.07) is 0. The van der Waals surface area contributed by atoms with Crippen LogP contribution < -0.4 is 0 Å². The van der Waals surface area contributed by atoms with E-state index in [2.05, 4.69) is 4.74 Å². The van der Waals surface area contributed by atoms with Gasteiger partial charge in [0.1, 0.15) is 0 Å². The van der Waals surface area contributed by atoms with E-state index in [1.807, 2.05) is 0 Å². The first-order chi connectivity index (χ1) is 6.00. The SMILES string of the molecule is CC(=O)O.CC(=O)OCC[CH2][Sn]=[O]. The summed E-state index contributed by atoms with van der Waals surface area (Å²) < 4.78 is 15.4. The summed E-state index contributed by atoms with van der Waals surface area (Å²) in [5, 5.41) is 7.42. The maximum atomic E-state index is 10.1. The molecule has 75 valence electrons. The number of aliphatic carboxylic acids is 1. The van der Waals surface area contributed by atoms with Gasteiger partial charge in [-0.25, -0.2) is 0 Å². The van der Waals surface area contributed by atoms with Crippen molar-refractivity contribution in [1.82, 2.24) is 0 Å². The Labute approximate surface area is 87.1 Å². The van der Waals surface area contributed by atoms with Crippen molar-refractivity contribution in [2.24, 2.45) is 0 Å². The van der Waals surface area contributed by atoms with E-state index in [0.717, 1.165) is 17.8 Å². The van der Waals surface area contributed by atoms with Gasteiger partial charge in [0.2, 0.25) is 0 Å². The van der Waals surface area contributed by atoms with Gasteiger partial charge in [-0.15, -0.1) is 0 Å². The summed E-state index contributed by atoms with van der Waals surface area (Å²) in [7, 11) is 0. The van der Waals surface area contributed by atoms with Crippen LogP contribution in [0.2, 0.25) is 4.44 Å². The quantitative estimate of drug-likeness (QED) is 0.464. The van der Waals surface area contributed by atoms with Crippen LogP contribution in [0.15, 0.2) is 0 Å². The first-order valence-corrected chi connectivity index (χ1v) is 6.87. The van der Waals surface area contributed by atoms with E-state index < -0.39 is 27.1 Å². The second kappa shape index (κ2) is 11.5. The van der Waals surface area contributed by atoms with E-state index in [9.17, 15) is 7.87 Å². The van der Waals surface area contributed by atoms with E-state index in [4.69, 9.17) is 9.90 Å². The van der Waals surface area contributed by atoms with Gasteiger partial charge >= 0.3 is 64.1 Å². The number of rotatable bonds is 4. The number of carbonyl (C=O) groups is 2. The van der Waals surface area contributed by atoms with Gasteiger partial charge in [0.25, 0.3) is 5.97 Å². The van der Waals surface area contributed by atoms with E-state index in [1.54, 1.807) is 0 Å². The van der Waals surface area contributed by atoms with Gasteiger partial charge in [0.05, 0.1) is 0 Å². The average molecular weight is 296 g/mol. The van der Waals surface area contributed by atoms with Crippen LogP contribution in [0, 0.1) is 0 Å². The first kappa shape index (κ1) is 15.0. The second-order valence-corrected chi connectivity index (χ2v) is 4.36. The third-order valence-corrected chi connectivity index (χ3v) is 2.32. The van der Waals surface area contributed by atoms with Crippen molar-refractivity contribution < 1.29 is 22.5 Å². The minimum absolute atomic E-state index is 0.258. The molecular weight excluding hydrogens is 283 g/mol. The number of carboxylic acids is 1. The van der Waals surface area contributed by atoms with Crippen LogP contribution in [-0.2, 0) is 17.4 Å². The van der Waals surface area contributed by atoms with Crippen molar-refractivity contribution in [3.63, 3.8) is 0 Å². The molecule has 0 rings (SSSR count). The van der Waals surface area contributed by atoms with Crippen LogP contribution in [-0.4, -0.2) is 44.8 Å². The molecule has 0 bridgehead atoms. The van der Waals surface area contributed by atoms with Crippen LogP contribution in [0.25, 0.3) is 0 Å². The molecular formula is C7H13O5Sn. The Kier molecular flexibility index (Phi) is 13.3. The van der Waals surface area contributed by atoms with Gasteiger partial charge in [-0.3, -0.25) is 4.79 Å². The molecule has 6 heteroatoms. The molecule has 0 saturated heterocycles. The molecule has 0 heterocycles. The maximum absolute atomic E-state index is 10.1. The number of hydrogen-bond acceptors (Lipinski definition) is 4. The topological polar surface area (TPSA) is 80.7 Å². The Hall–Kier alpha value is -0.461. The fourth-order valence-corrected chi connectivity index (χ4v) is 1.18. The van der Waals surface area contributed by atoms with Crippen LogP contribution in [0.3, 0.4) is 0 Å². The number of ether oxygens (including phenoxy) is 1. The molecule has 0 fully saturated rings. The molecule has 0 unspecified atom stereocenters. The molecule has 13 heavy (non-hydrogen) atoms. The van der Waals surface area contributed by atoms with E-state index in [1.165, 1.54) is 6.92 Å². The summed E-state index contributed by atoms with van der Waals surface area (Å²) in [5.74, 6) is -1.09. The van der Waals surface area contributed by atoms with Crippen molar-refractivity contribution in [1.29, 1.82) is 0 Å². The van der Waals surface area contributed by atoms with E-state index >= 15 is 0 Å². The van der Waals surface area contributed by atoms with Crippen LogP contribution in [0.1, 0.15) is 20.3 Å². The van der Waals surface area contributed by atoms with E-state index in [0.29, 0.717) is 6.61 Å². The van der Waals surface area contributed by atoms with Gasteiger partial charge in [-0.05, 0) is 0 Å². The molecule has 1 radical (unpaired) electrons. The summed E-state index contributed by atoms with van der Waals surface area (Å²) in [6.07, 6.45) is 0.759. The first-order valence-electron chi connectivity index (χ1n) is 3.68. The molecule has 0 aliphatic carbocycles. The van der Waals surface area contributed by atoms with Gasteiger partial charge in [0.15, 0.2) is 0 Å². The van der Waals surface area contributed by atoms with Crippen LogP contribution in [0.5, 0.6) is 0 Å². The average Bonchev–Trinajstić information content (AvgIpc) is 1.97. The molecule has 0 aliphatic rings. The monoisotopic (exact) mass is 297 g/mol. The van der Waals surface area contributed by atoms with Gasteiger partial charge in [-0.1, -0.05) is 0 Å². The summed E-state index contributed by atoms with van der Waals surface area (Å²) in [4.78, 5) is 19.1. The zero-order chi connectivity index (χ0) is 10.7. The van der Waals surface area contributed by atoms with Crippen molar-refractivity contribution in [2.75, 3.05) is 6.61 Å². The van der Waals surface area contributed by atoms with Crippen LogP contribution in [0.4, 0.5) is 0 Å². The number of carbonyl (C=O) groups excluding carboxylic acids is 1. The molecule has 5 nitrogen and oxygen atoms in total. The Bertz CT molecular complexity index is 164. The third kappa shape index (κ3) is 34.2. The molecule has 1 N–H and O–H groups in total. The molecule has 0 aliphatic heterocycles. The fraction of sp³-hybridized carbons (Fsp3) is 0.714. The normalized spacial score (nSPS) is 7.85. The molecule has 0 aromatic heterocycles. The Morgan fingerprint density at radius 2 is 1.85 bits per heavy atom. The molecule has 0 spiro atoms. The minimum atomic E-state index is -1.29. The molecule has 0 amide bonds. The van der Waals surface area contributed by atoms with Crippen molar-refractivity contribution in [3.05, 3.63) is 0 Å². The molecule has 0 atom stereocenters. The van der Waals surface area contributed by atoms with E-state index in [-0.39, 0.29) is 5.97 Å². The van der Waals surface area contributed by atoms with Gasteiger partial charge in [-0.2, -0.15) is 0 Å². The zero-order valence-corrected chi connectivity index (χ0v) is 10.6. The van der Waals surface area contributed by atoms with Gasteiger partial charge in [0, 0.05) is 6.92 Å². The number of hydrogen-bond donors (Lipinski definition) is 1. The summed E-state index contributed by atoms with van der Waals surface area (Å²) in [6.45, 7) is 2.88. The van der Waals surface area contributed by atoms with Crippen molar-refractivity contribution in [2.45, 2.75) is 24.7 Å². The summed E-state index contributed by atoms with van der Waals surface area (Å²) >= 11 is -1.29. The van der Waals surface area contributed by atoms with Crippen LogP contribution >= 0.6 is 0 Å². The molecule has 0 aromatic carbocycles.